The van der Waals surface area contributed by atoms with E-state index in [1.165, 1.54) is 11.8 Å². The molecule has 0 bridgehead atoms. The molecule has 3 rings (SSSR count). The quantitative estimate of drug-likeness (QED) is 0.419. The first-order chi connectivity index (χ1) is 14.5. The molecular weight excluding hydrogens is 398 g/mol. The van der Waals surface area contributed by atoms with E-state index < -0.39 is 0 Å². The van der Waals surface area contributed by atoms with Crippen molar-refractivity contribution in [2.45, 2.75) is 57.6 Å². The molecule has 1 atom stereocenters. The fourth-order valence-electron chi connectivity index (χ4n) is 3.37. The molecule has 0 saturated heterocycles. The van der Waals surface area contributed by atoms with Crippen molar-refractivity contribution in [2.24, 2.45) is 0 Å². The molecule has 0 aliphatic heterocycles. The Hall–Kier alpha value is -2.25. The molecule has 0 aliphatic carbocycles. The van der Waals surface area contributed by atoms with Crippen LogP contribution in [0.4, 0.5) is 0 Å². The van der Waals surface area contributed by atoms with Gasteiger partial charge in [-0.15, -0.1) is 0 Å². The predicted molar refractivity (Wildman–Crippen MR) is 121 cm³/mol. The first kappa shape index (κ1) is 22.4. The first-order valence-electron chi connectivity index (χ1n) is 10.6. The van der Waals surface area contributed by atoms with Crippen LogP contribution in [-0.4, -0.2) is 41.5 Å². The fraction of sp³-hybridized carbons (Fsp3) is 0.478. The van der Waals surface area contributed by atoms with Crippen molar-refractivity contribution in [3.63, 3.8) is 0 Å². The van der Waals surface area contributed by atoms with Crippen molar-refractivity contribution in [1.29, 1.82) is 0 Å². The number of thioether (sulfide) groups is 1. The standard InChI is InChI=1S/C23H31N3O3S/c1-5-26(6-2)14-8-10-17(4)24-22(27)20-13-12-18(28-20)15-30-23-25-21-16(3)9-7-11-19(21)29-23/h7,9,11-13,17H,5-6,8,10,14-15H2,1-4H3,(H,24,27)/t17-/m0/s1. The van der Waals surface area contributed by atoms with Gasteiger partial charge in [0.25, 0.3) is 11.1 Å². The average Bonchev–Trinajstić information content (AvgIpc) is 3.37. The highest BCUT2D eigenvalue weighted by Crippen LogP contribution is 2.28. The number of nitrogens with zero attached hydrogens (tertiary/aromatic N) is 2. The lowest BCUT2D eigenvalue weighted by atomic mass is 10.1. The Morgan fingerprint density at radius 2 is 2.00 bits per heavy atom. The molecule has 0 fully saturated rings. The number of carbonyl (C=O) groups excluding carboxylic acids is 1. The number of hydrogen-bond donors (Lipinski definition) is 1. The van der Waals surface area contributed by atoms with E-state index in [2.05, 4.69) is 29.0 Å². The number of para-hydroxylation sites is 1. The number of furan rings is 1. The van der Waals surface area contributed by atoms with E-state index in [1.807, 2.05) is 38.1 Å². The third-order valence-electron chi connectivity index (χ3n) is 5.21. The third kappa shape index (κ3) is 5.89. The number of hydrogen-bond acceptors (Lipinski definition) is 6. The van der Waals surface area contributed by atoms with Gasteiger partial charge in [0.2, 0.25) is 0 Å². The van der Waals surface area contributed by atoms with E-state index in [4.69, 9.17) is 8.83 Å². The summed E-state index contributed by atoms with van der Waals surface area (Å²) in [6.07, 6.45) is 2.01. The molecule has 2 aromatic heterocycles. The summed E-state index contributed by atoms with van der Waals surface area (Å²) in [7, 11) is 0. The molecule has 30 heavy (non-hydrogen) atoms. The minimum Gasteiger partial charge on any atom is -0.455 e. The lowest BCUT2D eigenvalue weighted by molar-refractivity contribution is 0.0908. The van der Waals surface area contributed by atoms with Crippen LogP contribution in [0.1, 0.15) is 55.5 Å². The Bertz CT molecular complexity index is 962. The number of oxazole rings is 1. The highest BCUT2D eigenvalue weighted by Gasteiger charge is 2.15. The SMILES string of the molecule is CCN(CC)CCC[C@H](C)NC(=O)c1ccc(CSc2nc3c(C)cccc3o2)o1. The Morgan fingerprint density at radius 3 is 2.73 bits per heavy atom. The van der Waals surface area contributed by atoms with Gasteiger partial charge in [-0.1, -0.05) is 37.7 Å². The molecule has 2 heterocycles. The number of carbonyl (C=O) groups is 1. The molecule has 6 nitrogen and oxygen atoms in total. The van der Waals surface area contributed by atoms with Gasteiger partial charge in [0.15, 0.2) is 11.3 Å². The third-order valence-corrected chi connectivity index (χ3v) is 6.06. The van der Waals surface area contributed by atoms with E-state index in [0.717, 1.165) is 54.9 Å². The van der Waals surface area contributed by atoms with Crippen LogP contribution in [0.15, 0.2) is 44.4 Å². The van der Waals surface area contributed by atoms with Crippen molar-refractivity contribution in [2.75, 3.05) is 19.6 Å². The highest BCUT2D eigenvalue weighted by molar-refractivity contribution is 7.98. The zero-order valence-electron chi connectivity index (χ0n) is 18.2. The van der Waals surface area contributed by atoms with Crippen LogP contribution in [0.25, 0.3) is 11.1 Å². The number of amides is 1. The highest BCUT2D eigenvalue weighted by atomic mass is 32.2. The molecule has 162 valence electrons. The fourth-order valence-corrected chi connectivity index (χ4v) is 4.09. The molecule has 1 aromatic carbocycles. The Kier molecular flexibility index (Phi) is 7.99. The van der Waals surface area contributed by atoms with Crippen LogP contribution in [0.3, 0.4) is 0 Å². The molecule has 0 saturated carbocycles. The van der Waals surface area contributed by atoms with Gasteiger partial charge in [-0.05, 0) is 70.1 Å². The summed E-state index contributed by atoms with van der Waals surface area (Å²) >= 11 is 1.46. The number of aryl methyl sites for hydroxylation is 1. The molecule has 1 N–H and O–H groups in total. The average molecular weight is 430 g/mol. The Morgan fingerprint density at radius 1 is 1.20 bits per heavy atom. The summed E-state index contributed by atoms with van der Waals surface area (Å²) in [4.78, 5) is 19.4. The van der Waals surface area contributed by atoms with E-state index in [0.29, 0.717) is 16.7 Å². The molecule has 0 aliphatic rings. The molecule has 0 spiro atoms. The molecule has 7 heteroatoms. The second kappa shape index (κ2) is 10.7. The van der Waals surface area contributed by atoms with Crippen molar-refractivity contribution in [1.82, 2.24) is 15.2 Å². The van der Waals surface area contributed by atoms with Crippen LogP contribution in [0.2, 0.25) is 0 Å². The van der Waals surface area contributed by atoms with Crippen LogP contribution < -0.4 is 5.32 Å². The Labute approximate surface area is 182 Å². The molecule has 0 unspecified atom stereocenters. The second-order valence-corrected chi connectivity index (χ2v) is 8.43. The first-order valence-corrected chi connectivity index (χ1v) is 11.6. The predicted octanol–water partition coefficient (Wildman–Crippen LogP) is 5.26. The summed E-state index contributed by atoms with van der Waals surface area (Å²) in [6, 6.07) is 9.56. The lowest BCUT2D eigenvalue weighted by Gasteiger charge is -2.19. The topological polar surface area (TPSA) is 71.5 Å². The number of benzene rings is 1. The van der Waals surface area contributed by atoms with Gasteiger partial charge in [0.1, 0.15) is 11.3 Å². The van der Waals surface area contributed by atoms with Gasteiger partial charge in [-0.25, -0.2) is 4.98 Å². The van der Waals surface area contributed by atoms with Crippen molar-refractivity contribution in [3.05, 3.63) is 47.4 Å². The van der Waals surface area contributed by atoms with Crippen molar-refractivity contribution in [3.8, 4) is 0 Å². The number of nitrogens with one attached hydrogen (secondary N) is 1. The maximum absolute atomic E-state index is 12.5. The van der Waals surface area contributed by atoms with Crippen molar-refractivity contribution >= 4 is 28.8 Å². The summed E-state index contributed by atoms with van der Waals surface area (Å²) in [5.74, 6) is 1.45. The van der Waals surface area contributed by atoms with E-state index in [-0.39, 0.29) is 11.9 Å². The van der Waals surface area contributed by atoms with Crippen LogP contribution in [0, 0.1) is 6.92 Å². The van der Waals surface area contributed by atoms with Gasteiger partial charge in [-0.2, -0.15) is 0 Å². The molecular formula is C23H31N3O3S. The maximum atomic E-state index is 12.5. The molecule has 0 radical (unpaired) electrons. The molecule has 3 aromatic rings. The second-order valence-electron chi connectivity index (χ2n) is 7.50. The zero-order chi connectivity index (χ0) is 21.5. The zero-order valence-corrected chi connectivity index (χ0v) is 19.1. The summed E-state index contributed by atoms with van der Waals surface area (Å²) in [6.45, 7) is 11.6. The van der Waals surface area contributed by atoms with Crippen LogP contribution in [0.5, 0.6) is 0 Å². The summed E-state index contributed by atoms with van der Waals surface area (Å²) in [5.41, 5.74) is 2.76. The van der Waals surface area contributed by atoms with Crippen LogP contribution in [-0.2, 0) is 5.75 Å². The van der Waals surface area contributed by atoms with Gasteiger partial charge in [0.05, 0.1) is 5.75 Å². The van der Waals surface area contributed by atoms with Crippen molar-refractivity contribution < 1.29 is 13.6 Å². The normalized spacial score (nSPS) is 12.6. The Balaban J connectivity index is 1.47. The lowest BCUT2D eigenvalue weighted by Crippen LogP contribution is -2.33. The monoisotopic (exact) mass is 429 g/mol. The minimum absolute atomic E-state index is 0.110. The largest absolute Gasteiger partial charge is 0.455 e. The summed E-state index contributed by atoms with van der Waals surface area (Å²) < 4.78 is 11.5. The molecule has 1 amide bonds. The number of aromatic nitrogens is 1. The number of fused-ring (bicyclic) bond motifs is 1. The maximum Gasteiger partial charge on any atom is 0.287 e. The van der Waals surface area contributed by atoms with Gasteiger partial charge < -0.3 is 19.1 Å². The van der Waals surface area contributed by atoms with E-state index in [1.54, 1.807) is 6.07 Å². The van der Waals surface area contributed by atoms with E-state index >= 15 is 0 Å². The van der Waals surface area contributed by atoms with Gasteiger partial charge >= 0.3 is 0 Å². The van der Waals surface area contributed by atoms with Crippen LogP contribution >= 0.6 is 11.8 Å². The van der Waals surface area contributed by atoms with E-state index in [9.17, 15) is 4.79 Å². The number of rotatable bonds is 11. The van der Waals surface area contributed by atoms with Gasteiger partial charge in [0, 0.05) is 6.04 Å². The minimum atomic E-state index is -0.168. The smallest absolute Gasteiger partial charge is 0.287 e. The van der Waals surface area contributed by atoms with Gasteiger partial charge in [-0.3, -0.25) is 4.79 Å². The summed E-state index contributed by atoms with van der Waals surface area (Å²) in [5, 5.41) is 3.63.